The number of hydrogen-bond donors (Lipinski definition) is 1. The number of tetrazole rings is 1. The Labute approximate surface area is 106 Å². The smallest absolute Gasteiger partial charge is 0.176 e. The molecule has 0 aromatic carbocycles. The second-order valence-corrected chi connectivity index (χ2v) is 6.46. The van der Waals surface area contributed by atoms with Crippen molar-refractivity contribution in [2.75, 3.05) is 0 Å². The summed E-state index contributed by atoms with van der Waals surface area (Å²) >= 11 is 0. The molecule has 18 heavy (non-hydrogen) atoms. The molecule has 1 aromatic heterocycles. The van der Waals surface area contributed by atoms with Gasteiger partial charge in [0.2, 0.25) is 0 Å². The third kappa shape index (κ3) is 1.29. The molecule has 0 atom stereocenters. The fraction of sp³-hybridized carbons (Fsp3) is 0.846. The minimum Gasteiger partial charge on any atom is -0.198 e. The molecule has 5 heteroatoms. The lowest BCUT2D eigenvalue weighted by atomic mass is 9.45. The molecule has 0 saturated heterocycles. The number of nitrogens with one attached hydrogen (secondary N) is 1. The van der Waals surface area contributed by atoms with E-state index in [0.29, 0.717) is 24.1 Å². The lowest BCUT2D eigenvalue weighted by Crippen LogP contribution is -2.53. The monoisotopic (exact) mass is 243 g/mol. The highest BCUT2D eigenvalue weighted by molar-refractivity contribution is 5.17. The van der Waals surface area contributed by atoms with Crippen molar-refractivity contribution in [2.45, 2.75) is 38.5 Å². The van der Waals surface area contributed by atoms with E-state index >= 15 is 0 Å². The molecule has 4 aliphatic rings. The van der Waals surface area contributed by atoms with Crippen LogP contribution < -0.4 is 0 Å². The molecular formula is C13H17N5. The van der Waals surface area contributed by atoms with E-state index in [2.05, 4.69) is 26.7 Å². The van der Waals surface area contributed by atoms with Crippen LogP contribution in [0, 0.1) is 40.4 Å². The van der Waals surface area contributed by atoms with E-state index in [1.54, 1.807) is 0 Å². The third-order valence-electron chi connectivity index (χ3n) is 5.64. The van der Waals surface area contributed by atoms with Gasteiger partial charge in [-0.1, -0.05) is 5.21 Å². The standard InChI is InChI=1S/C13H17N5/c14-7-13(6-12-15-17-18-16-12)10-2-8-1-9(4-10)5-11(13)3-8/h8-11H,1-6H2,(H,15,16,17,18). The zero-order chi connectivity index (χ0) is 12.2. The van der Waals surface area contributed by atoms with Crippen LogP contribution >= 0.6 is 0 Å². The predicted octanol–water partition coefficient (Wildman–Crippen LogP) is 1.71. The van der Waals surface area contributed by atoms with Gasteiger partial charge in [-0.15, -0.1) is 10.2 Å². The van der Waals surface area contributed by atoms with Crippen molar-refractivity contribution in [3.63, 3.8) is 0 Å². The number of aromatic nitrogens is 4. The largest absolute Gasteiger partial charge is 0.198 e. The average molecular weight is 243 g/mol. The van der Waals surface area contributed by atoms with Crippen molar-refractivity contribution in [1.82, 2.24) is 20.6 Å². The Hall–Kier alpha value is -1.44. The summed E-state index contributed by atoms with van der Waals surface area (Å²) in [6.45, 7) is 0. The molecule has 0 radical (unpaired) electrons. The van der Waals surface area contributed by atoms with Gasteiger partial charge in [-0.25, -0.2) is 0 Å². The maximum Gasteiger partial charge on any atom is 0.176 e. The van der Waals surface area contributed by atoms with Gasteiger partial charge in [0.1, 0.15) is 0 Å². The Morgan fingerprint density at radius 2 is 1.83 bits per heavy atom. The fourth-order valence-electron chi connectivity index (χ4n) is 5.06. The van der Waals surface area contributed by atoms with E-state index in [-0.39, 0.29) is 5.41 Å². The van der Waals surface area contributed by atoms with Crippen molar-refractivity contribution in [2.24, 2.45) is 29.1 Å². The molecule has 1 aromatic rings. The summed E-state index contributed by atoms with van der Waals surface area (Å²) in [5.41, 5.74) is -0.211. The molecule has 0 unspecified atom stereocenters. The molecule has 0 spiro atoms. The summed E-state index contributed by atoms with van der Waals surface area (Å²) in [7, 11) is 0. The first-order valence-corrected chi connectivity index (χ1v) is 6.93. The van der Waals surface area contributed by atoms with Crippen LogP contribution in [0.5, 0.6) is 0 Å². The average Bonchev–Trinajstić information content (AvgIpc) is 2.86. The van der Waals surface area contributed by atoms with Gasteiger partial charge >= 0.3 is 0 Å². The number of rotatable bonds is 2. The van der Waals surface area contributed by atoms with Gasteiger partial charge in [0.15, 0.2) is 5.82 Å². The molecule has 94 valence electrons. The number of aromatic amines is 1. The fourth-order valence-corrected chi connectivity index (χ4v) is 5.06. The number of hydrogen-bond acceptors (Lipinski definition) is 4. The Morgan fingerprint density at radius 3 is 2.33 bits per heavy atom. The minimum absolute atomic E-state index is 0.211. The van der Waals surface area contributed by atoms with Gasteiger partial charge in [-0.05, 0) is 55.8 Å². The van der Waals surface area contributed by atoms with Gasteiger partial charge < -0.3 is 0 Å². The second-order valence-electron chi connectivity index (χ2n) is 6.46. The SMILES string of the molecule is N#CC1(Cc2nn[nH]n2)C2CC3CC(C2)CC1C3. The van der Waals surface area contributed by atoms with Gasteiger partial charge in [-0.2, -0.15) is 10.5 Å². The Bertz CT molecular complexity index is 458. The quantitative estimate of drug-likeness (QED) is 0.857. The molecule has 0 amide bonds. The normalized spacial score (nSPS) is 45.1. The maximum atomic E-state index is 9.81. The van der Waals surface area contributed by atoms with E-state index in [9.17, 15) is 5.26 Å². The van der Waals surface area contributed by atoms with E-state index in [1.165, 1.54) is 32.1 Å². The molecule has 4 aliphatic carbocycles. The van der Waals surface area contributed by atoms with Gasteiger partial charge in [-0.3, -0.25) is 0 Å². The molecule has 0 aliphatic heterocycles. The summed E-state index contributed by atoms with van der Waals surface area (Å²) < 4.78 is 0. The molecule has 1 N–H and O–H groups in total. The van der Waals surface area contributed by atoms with Crippen LogP contribution in [0.1, 0.15) is 37.9 Å². The van der Waals surface area contributed by atoms with E-state index in [4.69, 9.17) is 0 Å². The number of nitrogens with zero attached hydrogens (tertiary/aromatic N) is 4. The second kappa shape index (κ2) is 3.53. The third-order valence-corrected chi connectivity index (χ3v) is 5.64. The molecule has 4 bridgehead atoms. The molecular weight excluding hydrogens is 226 g/mol. The van der Waals surface area contributed by atoms with Crippen molar-refractivity contribution < 1.29 is 0 Å². The van der Waals surface area contributed by atoms with E-state index in [1.807, 2.05) is 0 Å². The van der Waals surface area contributed by atoms with Crippen LogP contribution in [0.2, 0.25) is 0 Å². The van der Waals surface area contributed by atoms with Gasteiger partial charge in [0.25, 0.3) is 0 Å². The topological polar surface area (TPSA) is 78.2 Å². The molecule has 5 nitrogen and oxygen atoms in total. The van der Waals surface area contributed by atoms with Crippen LogP contribution in [-0.2, 0) is 6.42 Å². The summed E-state index contributed by atoms with van der Waals surface area (Å²) in [5.74, 6) is 3.62. The Kier molecular flexibility index (Phi) is 2.06. The summed E-state index contributed by atoms with van der Waals surface area (Å²) in [6.07, 6.45) is 7.10. The zero-order valence-electron chi connectivity index (χ0n) is 10.3. The van der Waals surface area contributed by atoms with Crippen LogP contribution in [0.15, 0.2) is 0 Å². The highest BCUT2D eigenvalue weighted by Crippen LogP contribution is 2.62. The summed E-state index contributed by atoms with van der Waals surface area (Å²) in [5, 5.41) is 24.1. The zero-order valence-corrected chi connectivity index (χ0v) is 10.3. The molecule has 1 heterocycles. The number of H-pyrrole nitrogens is 1. The van der Waals surface area contributed by atoms with Crippen LogP contribution in [0.3, 0.4) is 0 Å². The highest BCUT2D eigenvalue weighted by atomic mass is 15.5. The molecule has 4 saturated carbocycles. The minimum atomic E-state index is -0.211. The lowest BCUT2D eigenvalue weighted by molar-refractivity contribution is -0.0768. The highest BCUT2D eigenvalue weighted by Gasteiger charge is 2.57. The molecule has 5 rings (SSSR count). The van der Waals surface area contributed by atoms with Crippen molar-refractivity contribution in [1.29, 1.82) is 5.26 Å². The van der Waals surface area contributed by atoms with Crippen molar-refractivity contribution in [3.8, 4) is 6.07 Å². The van der Waals surface area contributed by atoms with E-state index in [0.717, 1.165) is 11.8 Å². The summed E-state index contributed by atoms with van der Waals surface area (Å²) in [6, 6.07) is 2.68. The lowest BCUT2D eigenvalue weighted by Gasteiger charge is -2.58. The first kappa shape index (κ1) is 10.5. The van der Waals surface area contributed by atoms with Gasteiger partial charge in [0.05, 0.1) is 11.5 Å². The number of nitriles is 1. The molecule has 4 fully saturated rings. The Balaban J connectivity index is 1.70. The van der Waals surface area contributed by atoms with Crippen molar-refractivity contribution >= 4 is 0 Å². The van der Waals surface area contributed by atoms with Crippen LogP contribution in [0.4, 0.5) is 0 Å². The Morgan fingerprint density at radius 1 is 1.17 bits per heavy atom. The first-order valence-electron chi connectivity index (χ1n) is 6.93. The van der Waals surface area contributed by atoms with Crippen LogP contribution in [-0.4, -0.2) is 20.6 Å². The van der Waals surface area contributed by atoms with E-state index < -0.39 is 0 Å². The van der Waals surface area contributed by atoms with Gasteiger partial charge in [0, 0.05) is 6.42 Å². The predicted molar refractivity (Wildman–Crippen MR) is 63.0 cm³/mol. The van der Waals surface area contributed by atoms with Crippen LogP contribution in [0.25, 0.3) is 0 Å². The summed E-state index contributed by atoms with van der Waals surface area (Å²) in [4.78, 5) is 0. The first-order chi connectivity index (χ1) is 8.80. The van der Waals surface area contributed by atoms with Crippen molar-refractivity contribution in [3.05, 3.63) is 5.82 Å². The maximum absolute atomic E-state index is 9.81.